The Morgan fingerprint density at radius 2 is 2.11 bits per heavy atom. The molecular formula is C22H33N3O2. The highest BCUT2D eigenvalue weighted by molar-refractivity contribution is 5.92. The van der Waals surface area contributed by atoms with Crippen molar-refractivity contribution in [3.05, 3.63) is 29.3 Å². The molecule has 0 bridgehead atoms. The number of rotatable bonds is 7. The van der Waals surface area contributed by atoms with Crippen molar-refractivity contribution in [2.45, 2.75) is 52.4 Å². The number of benzene rings is 1. The third kappa shape index (κ3) is 5.32. The number of amides is 2. The normalized spacial score (nSPS) is 20.9. The molecule has 1 aromatic carbocycles. The zero-order chi connectivity index (χ0) is 19.2. The first-order chi connectivity index (χ1) is 13.1. The molecule has 148 valence electrons. The second-order valence-corrected chi connectivity index (χ2v) is 8.01. The molecule has 1 N–H and O–H groups in total. The van der Waals surface area contributed by atoms with Gasteiger partial charge in [-0.1, -0.05) is 25.1 Å². The average Bonchev–Trinajstić information content (AvgIpc) is 3.06. The lowest BCUT2D eigenvalue weighted by molar-refractivity contribution is -0.128. The molecule has 27 heavy (non-hydrogen) atoms. The van der Waals surface area contributed by atoms with Crippen LogP contribution in [-0.4, -0.2) is 54.3 Å². The summed E-state index contributed by atoms with van der Waals surface area (Å²) in [6, 6.07) is 6.17. The molecule has 0 radical (unpaired) electrons. The van der Waals surface area contributed by atoms with Crippen LogP contribution in [0.4, 0.5) is 5.69 Å². The number of para-hydroxylation sites is 1. The molecule has 0 saturated carbocycles. The fourth-order valence-corrected chi connectivity index (χ4v) is 4.38. The number of anilines is 1. The molecule has 0 aliphatic carbocycles. The van der Waals surface area contributed by atoms with Gasteiger partial charge >= 0.3 is 0 Å². The van der Waals surface area contributed by atoms with E-state index >= 15 is 0 Å². The second-order valence-electron chi connectivity index (χ2n) is 8.01. The standard InChI is InChI=1S/C22H33N3O2/c1-3-19-9-4-7-17(2)22(19)23-20(26)11-14-24-12-5-8-18(15-24)16-25-13-6-10-21(25)27/h4,7,9,18H,3,5-6,8,10-16H2,1-2H3,(H,23,26)/t18-/m1/s1. The molecular weight excluding hydrogens is 338 g/mol. The van der Waals surface area contributed by atoms with Gasteiger partial charge in [0.1, 0.15) is 0 Å². The summed E-state index contributed by atoms with van der Waals surface area (Å²) in [5.41, 5.74) is 3.29. The Bertz CT molecular complexity index is 674. The maximum atomic E-state index is 12.5. The molecule has 0 spiro atoms. The molecule has 2 amide bonds. The smallest absolute Gasteiger partial charge is 0.225 e. The van der Waals surface area contributed by atoms with Crippen LogP contribution in [0.1, 0.15) is 50.2 Å². The summed E-state index contributed by atoms with van der Waals surface area (Å²) >= 11 is 0. The summed E-state index contributed by atoms with van der Waals surface area (Å²) < 4.78 is 0. The van der Waals surface area contributed by atoms with E-state index in [1.807, 2.05) is 24.0 Å². The number of aryl methyl sites for hydroxylation is 2. The molecule has 2 aliphatic rings. The molecule has 1 aromatic rings. The van der Waals surface area contributed by atoms with E-state index in [0.717, 1.165) is 69.7 Å². The molecule has 3 rings (SSSR count). The molecule has 2 aliphatic heterocycles. The Morgan fingerprint density at radius 1 is 1.26 bits per heavy atom. The van der Waals surface area contributed by atoms with Gasteiger partial charge in [-0.25, -0.2) is 0 Å². The number of nitrogens with one attached hydrogen (secondary N) is 1. The van der Waals surface area contributed by atoms with Crippen molar-refractivity contribution >= 4 is 17.5 Å². The fourth-order valence-electron chi connectivity index (χ4n) is 4.38. The Hall–Kier alpha value is -1.88. The molecule has 5 heteroatoms. The number of hydrogen-bond acceptors (Lipinski definition) is 3. The predicted molar refractivity (Wildman–Crippen MR) is 109 cm³/mol. The van der Waals surface area contributed by atoms with Crippen molar-refractivity contribution < 1.29 is 9.59 Å². The lowest BCUT2D eigenvalue weighted by Gasteiger charge is -2.34. The van der Waals surface area contributed by atoms with Gasteiger partial charge in [-0.15, -0.1) is 0 Å². The number of hydrogen-bond donors (Lipinski definition) is 1. The largest absolute Gasteiger partial charge is 0.342 e. The van der Waals surface area contributed by atoms with Crippen LogP contribution in [0.5, 0.6) is 0 Å². The molecule has 0 unspecified atom stereocenters. The zero-order valence-corrected chi connectivity index (χ0v) is 16.8. The average molecular weight is 372 g/mol. The van der Waals surface area contributed by atoms with Crippen LogP contribution < -0.4 is 5.32 Å². The number of carbonyl (C=O) groups is 2. The van der Waals surface area contributed by atoms with Gasteiger partial charge < -0.3 is 15.1 Å². The van der Waals surface area contributed by atoms with E-state index in [1.54, 1.807) is 0 Å². The highest BCUT2D eigenvalue weighted by atomic mass is 16.2. The van der Waals surface area contributed by atoms with Gasteiger partial charge in [0.2, 0.25) is 11.8 Å². The predicted octanol–water partition coefficient (Wildman–Crippen LogP) is 3.22. The van der Waals surface area contributed by atoms with Crippen molar-refractivity contribution in [3.8, 4) is 0 Å². The Kier molecular flexibility index (Phi) is 6.89. The third-order valence-corrected chi connectivity index (χ3v) is 5.91. The Labute approximate surface area is 163 Å². The van der Waals surface area contributed by atoms with Crippen LogP contribution in [0.25, 0.3) is 0 Å². The van der Waals surface area contributed by atoms with Gasteiger partial charge in [-0.05, 0) is 56.2 Å². The third-order valence-electron chi connectivity index (χ3n) is 5.91. The van der Waals surface area contributed by atoms with Gasteiger partial charge in [0.15, 0.2) is 0 Å². The molecule has 2 heterocycles. The zero-order valence-electron chi connectivity index (χ0n) is 16.8. The molecule has 2 saturated heterocycles. The second kappa shape index (κ2) is 9.36. The van der Waals surface area contributed by atoms with Crippen LogP contribution in [0, 0.1) is 12.8 Å². The first-order valence-corrected chi connectivity index (χ1v) is 10.4. The monoisotopic (exact) mass is 371 g/mol. The highest BCUT2D eigenvalue weighted by Crippen LogP contribution is 2.22. The van der Waals surface area contributed by atoms with Crippen molar-refractivity contribution in [1.82, 2.24) is 9.80 Å². The lowest BCUT2D eigenvalue weighted by Crippen LogP contribution is -2.42. The van der Waals surface area contributed by atoms with Gasteiger partial charge in [-0.3, -0.25) is 9.59 Å². The summed E-state index contributed by atoms with van der Waals surface area (Å²) in [6.45, 7) is 8.83. The van der Waals surface area contributed by atoms with E-state index in [0.29, 0.717) is 18.2 Å². The van der Waals surface area contributed by atoms with E-state index in [4.69, 9.17) is 0 Å². The molecule has 2 fully saturated rings. The van der Waals surface area contributed by atoms with Crippen molar-refractivity contribution in [2.24, 2.45) is 5.92 Å². The van der Waals surface area contributed by atoms with E-state index in [-0.39, 0.29) is 5.91 Å². The van der Waals surface area contributed by atoms with E-state index < -0.39 is 0 Å². The van der Waals surface area contributed by atoms with Crippen LogP contribution in [0.3, 0.4) is 0 Å². The van der Waals surface area contributed by atoms with E-state index in [2.05, 4.69) is 23.2 Å². The summed E-state index contributed by atoms with van der Waals surface area (Å²) in [5.74, 6) is 0.958. The van der Waals surface area contributed by atoms with Gasteiger partial charge in [0, 0.05) is 44.7 Å². The van der Waals surface area contributed by atoms with Gasteiger partial charge in [-0.2, -0.15) is 0 Å². The van der Waals surface area contributed by atoms with Crippen LogP contribution in [0.2, 0.25) is 0 Å². The summed E-state index contributed by atoms with van der Waals surface area (Å²) in [7, 11) is 0. The maximum Gasteiger partial charge on any atom is 0.225 e. The summed E-state index contributed by atoms with van der Waals surface area (Å²) in [4.78, 5) is 28.8. The Balaban J connectivity index is 1.46. The summed E-state index contributed by atoms with van der Waals surface area (Å²) in [5, 5.41) is 3.13. The number of nitrogens with zero attached hydrogens (tertiary/aromatic N) is 2. The fraction of sp³-hybridized carbons (Fsp3) is 0.636. The summed E-state index contributed by atoms with van der Waals surface area (Å²) in [6.07, 6.45) is 5.51. The number of likely N-dealkylation sites (tertiary alicyclic amines) is 2. The van der Waals surface area contributed by atoms with E-state index in [9.17, 15) is 9.59 Å². The quantitative estimate of drug-likeness (QED) is 0.801. The lowest BCUT2D eigenvalue weighted by atomic mass is 9.97. The van der Waals surface area contributed by atoms with Crippen LogP contribution >= 0.6 is 0 Å². The Morgan fingerprint density at radius 3 is 2.85 bits per heavy atom. The minimum absolute atomic E-state index is 0.0934. The molecule has 0 aromatic heterocycles. The topological polar surface area (TPSA) is 52.7 Å². The maximum absolute atomic E-state index is 12.5. The molecule has 1 atom stereocenters. The van der Waals surface area contributed by atoms with Crippen LogP contribution in [0.15, 0.2) is 18.2 Å². The minimum Gasteiger partial charge on any atom is -0.342 e. The van der Waals surface area contributed by atoms with Crippen LogP contribution in [-0.2, 0) is 16.0 Å². The van der Waals surface area contributed by atoms with E-state index in [1.165, 1.54) is 12.0 Å². The van der Waals surface area contributed by atoms with Gasteiger partial charge in [0.25, 0.3) is 0 Å². The first-order valence-electron chi connectivity index (χ1n) is 10.4. The number of piperidine rings is 1. The molecule has 5 nitrogen and oxygen atoms in total. The van der Waals surface area contributed by atoms with Crippen molar-refractivity contribution in [2.75, 3.05) is 38.0 Å². The van der Waals surface area contributed by atoms with Crippen molar-refractivity contribution in [3.63, 3.8) is 0 Å². The first kappa shape index (κ1) is 19.9. The van der Waals surface area contributed by atoms with Crippen molar-refractivity contribution in [1.29, 1.82) is 0 Å². The SMILES string of the molecule is CCc1cccc(C)c1NC(=O)CCN1CCC[C@@H](CN2CCCC2=O)C1. The number of carbonyl (C=O) groups excluding carboxylic acids is 2. The van der Waals surface area contributed by atoms with Gasteiger partial charge in [0.05, 0.1) is 0 Å². The minimum atomic E-state index is 0.0934. The highest BCUT2D eigenvalue weighted by Gasteiger charge is 2.26.